The summed E-state index contributed by atoms with van der Waals surface area (Å²) in [4.78, 5) is 8.62. The first-order chi connectivity index (χ1) is 9.86. The third-order valence-electron chi connectivity index (χ3n) is 3.20. The average Bonchev–Trinajstić information content (AvgIpc) is 2.41. The summed E-state index contributed by atoms with van der Waals surface area (Å²) in [6.07, 6.45) is 0. The van der Waals surface area contributed by atoms with Crippen molar-refractivity contribution in [2.75, 3.05) is 5.32 Å². The van der Waals surface area contributed by atoms with Crippen LogP contribution in [-0.2, 0) is 6.54 Å². The van der Waals surface area contributed by atoms with Gasteiger partial charge in [-0.05, 0) is 30.5 Å². The van der Waals surface area contributed by atoms with E-state index in [0.717, 1.165) is 5.56 Å². The van der Waals surface area contributed by atoms with Gasteiger partial charge in [-0.2, -0.15) is 0 Å². The molecule has 0 fully saturated rings. The van der Waals surface area contributed by atoms with Gasteiger partial charge in [0.1, 0.15) is 22.6 Å². The predicted molar refractivity (Wildman–Crippen MR) is 84.3 cm³/mol. The second kappa shape index (κ2) is 6.39. The van der Waals surface area contributed by atoms with E-state index in [0.29, 0.717) is 34.5 Å². The number of hydrogen-bond acceptors (Lipinski definition) is 3. The molecule has 0 atom stereocenters. The van der Waals surface area contributed by atoms with Gasteiger partial charge in [-0.25, -0.2) is 14.4 Å². The van der Waals surface area contributed by atoms with Crippen molar-refractivity contribution in [2.45, 2.75) is 40.2 Å². The highest BCUT2D eigenvalue weighted by atomic mass is 35.5. The summed E-state index contributed by atoms with van der Waals surface area (Å²) >= 11 is 6.01. The molecule has 1 N–H and O–H groups in total. The molecule has 21 heavy (non-hydrogen) atoms. The van der Waals surface area contributed by atoms with Crippen LogP contribution in [0.5, 0.6) is 0 Å². The van der Waals surface area contributed by atoms with Gasteiger partial charge in [0, 0.05) is 18.5 Å². The van der Waals surface area contributed by atoms with Crippen molar-refractivity contribution in [3.8, 4) is 0 Å². The summed E-state index contributed by atoms with van der Waals surface area (Å²) in [5, 5.41) is 3.63. The summed E-state index contributed by atoms with van der Waals surface area (Å²) in [6.45, 7) is 8.13. The number of benzene rings is 1. The first-order valence-corrected chi connectivity index (χ1v) is 7.28. The fourth-order valence-corrected chi connectivity index (χ4v) is 2.30. The highest BCUT2D eigenvalue weighted by Gasteiger charge is 2.08. The van der Waals surface area contributed by atoms with Crippen molar-refractivity contribution in [2.24, 2.45) is 0 Å². The van der Waals surface area contributed by atoms with E-state index in [1.165, 1.54) is 0 Å². The third kappa shape index (κ3) is 3.91. The number of aromatic nitrogens is 2. The van der Waals surface area contributed by atoms with Crippen LogP contribution >= 0.6 is 11.6 Å². The number of aryl methyl sites for hydroxylation is 2. The average molecular weight is 308 g/mol. The second-order valence-electron chi connectivity index (χ2n) is 5.49. The summed E-state index contributed by atoms with van der Waals surface area (Å²) in [6, 6.07) is 5.36. The molecule has 0 aliphatic rings. The van der Waals surface area contributed by atoms with Crippen LogP contribution < -0.4 is 5.32 Å². The molecule has 0 saturated carbocycles. The number of nitrogens with one attached hydrogen (secondary N) is 1. The Morgan fingerprint density at radius 1 is 1.14 bits per heavy atom. The van der Waals surface area contributed by atoms with E-state index in [4.69, 9.17) is 11.6 Å². The summed E-state index contributed by atoms with van der Waals surface area (Å²) in [5.74, 6) is 1.44. The number of anilines is 1. The van der Waals surface area contributed by atoms with Crippen molar-refractivity contribution in [3.05, 3.63) is 51.7 Å². The van der Waals surface area contributed by atoms with Crippen LogP contribution in [0.1, 0.15) is 42.3 Å². The molecule has 2 rings (SSSR count). The minimum atomic E-state index is -0.147. The smallest absolute Gasteiger partial charge is 0.135 e. The molecule has 0 bridgehead atoms. The molecule has 3 nitrogen and oxygen atoms in total. The topological polar surface area (TPSA) is 37.8 Å². The molecule has 2 aromatic rings. The van der Waals surface area contributed by atoms with E-state index in [1.807, 2.05) is 26.0 Å². The first kappa shape index (κ1) is 15.7. The second-order valence-corrected chi connectivity index (χ2v) is 5.87. The van der Waals surface area contributed by atoms with Gasteiger partial charge in [-0.3, -0.25) is 0 Å². The van der Waals surface area contributed by atoms with Crippen LogP contribution in [0.4, 0.5) is 10.2 Å². The SMILES string of the molecule is Cc1cc(CNc2cc(Cl)nc(C(C)C)n2)cc(C)c1F. The summed E-state index contributed by atoms with van der Waals surface area (Å²) in [5.41, 5.74) is 2.30. The van der Waals surface area contributed by atoms with Crippen molar-refractivity contribution in [3.63, 3.8) is 0 Å². The number of hydrogen-bond donors (Lipinski definition) is 1. The molecule has 1 heterocycles. The van der Waals surface area contributed by atoms with E-state index in [1.54, 1.807) is 19.9 Å². The molecule has 0 radical (unpaired) electrons. The summed E-state index contributed by atoms with van der Waals surface area (Å²) < 4.78 is 13.6. The molecule has 1 aromatic carbocycles. The summed E-state index contributed by atoms with van der Waals surface area (Å²) in [7, 11) is 0. The van der Waals surface area contributed by atoms with Gasteiger partial charge >= 0.3 is 0 Å². The largest absolute Gasteiger partial charge is 0.366 e. The molecular formula is C16H19ClFN3. The lowest BCUT2D eigenvalue weighted by atomic mass is 10.1. The molecule has 0 aliphatic heterocycles. The van der Waals surface area contributed by atoms with Crippen LogP contribution in [0.3, 0.4) is 0 Å². The highest BCUT2D eigenvalue weighted by Crippen LogP contribution is 2.19. The Balaban J connectivity index is 2.16. The lowest BCUT2D eigenvalue weighted by molar-refractivity contribution is 0.608. The third-order valence-corrected chi connectivity index (χ3v) is 3.39. The molecule has 112 valence electrons. The Bertz CT molecular complexity index is 633. The minimum Gasteiger partial charge on any atom is -0.366 e. The van der Waals surface area contributed by atoms with E-state index in [-0.39, 0.29) is 11.7 Å². The van der Waals surface area contributed by atoms with Crippen LogP contribution in [0.25, 0.3) is 0 Å². The highest BCUT2D eigenvalue weighted by molar-refractivity contribution is 6.29. The van der Waals surface area contributed by atoms with E-state index in [2.05, 4.69) is 15.3 Å². The van der Waals surface area contributed by atoms with Crippen LogP contribution in [0.2, 0.25) is 5.15 Å². The van der Waals surface area contributed by atoms with Gasteiger partial charge in [0.25, 0.3) is 0 Å². The van der Waals surface area contributed by atoms with Gasteiger partial charge in [-0.1, -0.05) is 37.6 Å². The maximum atomic E-state index is 13.6. The predicted octanol–water partition coefficient (Wildman–Crippen LogP) is 4.62. The molecule has 0 saturated heterocycles. The van der Waals surface area contributed by atoms with Gasteiger partial charge in [0.15, 0.2) is 0 Å². The standard InChI is InChI=1S/C16H19ClFN3/c1-9(2)16-20-13(17)7-14(21-16)19-8-12-5-10(3)15(18)11(4)6-12/h5-7,9H,8H2,1-4H3,(H,19,20,21). The normalized spacial score (nSPS) is 11.0. The van der Waals surface area contributed by atoms with Gasteiger partial charge in [0.2, 0.25) is 0 Å². The van der Waals surface area contributed by atoms with Gasteiger partial charge in [-0.15, -0.1) is 0 Å². The number of rotatable bonds is 4. The molecule has 1 aromatic heterocycles. The Hall–Kier alpha value is -1.68. The molecule has 0 unspecified atom stereocenters. The zero-order chi connectivity index (χ0) is 15.6. The maximum Gasteiger partial charge on any atom is 0.135 e. The van der Waals surface area contributed by atoms with Crippen molar-refractivity contribution < 1.29 is 4.39 Å². The molecule has 0 spiro atoms. The molecule has 5 heteroatoms. The molecule has 0 amide bonds. The Morgan fingerprint density at radius 2 is 1.76 bits per heavy atom. The van der Waals surface area contributed by atoms with Crippen LogP contribution in [0, 0.1) is 19.7 Å². The number of nitrogens with zero attached hydrogens (tertiary/aromatic N) is 2. The lowest BCUT2D eigenvalue weighted by Crippen LogP contribution is -2.06. The zero-order valence-electron chi connectivity index (χ0n) is 12.7. The Labute approximate surface area is 129 Å². The van der Waals surface area contributed by atoms with Gasteiger partial charge < -0.3 is 5.32 Å². The monoisotopic (exact) mass is 307 g/mol. The van der Waals surface area contributed by atoms with E-state index in [9.17, 15) is 4.39 Å². The minimum absolute atomic E-state index is 0.147. The zero-order valence-corrected chi connectivity index (χ0v) is 13.4. The van der Waals surface area contributed by atoms with Crippen molar-refractivity contribution in [1.29, 1.82) is 0 Å². The van der Waals surface area contributed by atoms with Crippen molar-refractivity contribution in [1.82, 2.24) is 9.97 Å². The lowest BCUT2D eigenvalue weighted by Gasteiger charge is -2.11. The van der Waals surface area contributed by atoms with Crippen LogP contribution in [-0.4, -0.2) is 9.97 Å². The fourth-order valence-electron chi connectivity index (χ4n) is 2.11. The van der Waals surface area contributed by atoms with Crippen molar-refractivity contribution >= 4 is 17.4 Å². The quantitative estimate of drug-likeness (QED) is 0.837. The molecule has 0 aliphatic carbocycles. The maximum absolute atomic E-state index is 13.6. The Kier molecular flexibility index (Phi) is 4.78. The van der Waals surface area contributed by atoms with Gasteiger partial charge in [0.05, 0.1) is 0 Å². The van der Waals surface area contributed by atoms with E-state index < -0.39 is 0 Å². The molecular weight excluding hydrogens is 289 g/mol. The fraction of sp³-hybridized carbons (Fsp3) is 0.375. The number of halogens is 2. The first-order valence-electron chi connectivity index (χ1n) is 6.90. The Morgan fingerprint density at radius 3 is 2.33 bits per heavy atom. The van der Waals surface area contributed by atoms with E-state index >= 15 is 0 Å². The van der Waals surface area contributed by atoms with Crippen LogP contribution in [0.15, 0.2) is 18.2 Å².